The number of halogens is 1. The summed E-state index contributed by atoms with van der Waals surface area (Å²) in [4.78, 5) is 8.65. The van der Waals surface area contributed by atoms with Crippen molar-refractivity contribution in [2.24, 2.45) is 5.92 Å². The van der Waals surface area contributed by atoms with Crippen LogP contribution in [0, 0.1) is 11.7 Å². The Morgan fingerprint density at radius 1 is 1.24 bits per heavy atom. The quantitative estimate of drug-likeness (QED) is 0.888. The first-order chi connectivity index (χ1) is 10.1. The van der Waals surface area contributed by atoms with Crippen molar-refractivity contribution in [3.8, 4) is 17.1 Å². The van der Waals surface area contributed by atoms with Gasteiger partial charge in [0.2, 0.25) is 0 Å². The third kappa shape index (κ3) is 4.23. The van der Waals surface area contributed by atoms with E-state index in [1.54, 1.807) is 24.5 Å². The summed E-state index contributed by atoms with van der Waals surface area (Å²) in [5, 5.41) is 3.34. The van der Waals surface area contributed by atoms with Crippen LogP contribution in [0.1, 0.15) is 19.4 Å². The first kappa shape index (κ1) is 15.4. The molecule has 0 aliphatic rings. The number of aromatic nitrogens is 2. The van der Waals surface area contributed by atoms with E-state index >= 15 is 0 Å². The molecule has 112 valence electrons. The Kier molecular flexibility index (Phi) is 5.22. The lowest BCUT2D eigenvalue weighted by Crippen LogP contribution is -2.19. The highest BCUT2D eigenvalue weighted by molar-refractivity contribution is 5.57. The summed E-state index contributed by atoms with van der Waals surface area (Å²) in [5.74, 6) is 0.965. The van der Waals surface area contributed by atoms with Crippen molar-refractivity contribution in [2.45, 2.75) is 20.4 Å². The van der Waals surface area contributed by atoms with Crippen LogP contribution < -0.4 is 10.1 Å². The maximum atomic E-state index is 13.4. The minimum Gasteiger partial charge on any atom is -0.494 e. The Morgan fingerprint density at radius 3 is 2.57 bits per heavy atom. The van der Waals surface area contributed by atoms with Gasteiger partial charge in [-0.2, -0.15) is 0 Å². The van der Waals surface area contributed by atoms with Gasteiger partial charge in [0.1, 0.15) is 0 Å². The maximum absolute atomic E-state index is 13.4. The second-order valence-corrected chi connectivity index (χ2v) is 5.29. The van der Waals surface area contributed by atoms with Crippen LogP contribution in [0.3, 0.4) is 0 Å². The van der Waals surface area contributed by atoms with Crippen LogP contribution in [0.5, 0.6) is 5.75 Å². The predicted octanol–water partition coefficient (Wildman–Crippen LogP) is 3.04. The van der Waals surface area contributed by atoms with E-state index in [1.807, 2.05) is 0 Å². The van der Waals surface area contributed by atoms with Gasteiger partial charge in [-0.15, -0.1) is 0 Å². The molecule has 0 aliphatic heterocycles. The van der Waals surface area contributed by atoms with E-state index in [9.17, 15) is 4.39 Å². The molecule has 21 heavy (non-hydrogen) atoms. The van der Waals surface area contributed by atoms with Crippen molar-refractivity contribution < 1.29 is 9.13 Å². The van der Waals surface area contributed by atoms with Gasteiger partial charge in [0, 0.05) is 30.1 Å². The van der Waals surface area contributed by atoms with Crippen molar-refractivity contribution in [3.05, 3.63) is 42.0 Å². The smallest absolute Gasteiger partial charge is 0.165 e. The zero-order valence-electron chi connectivity index (χ0n) is 12.6. The molecule has 1 N–H and O–H groups in total. The summed E-state index contributed by atoms with van der Waals surface area (Å²) >= 11 is 0. The van der Waals surface area contributed by atoms with Crippen LogP contribution in [0.25, 0.3) is 11.4 Å². The van der Waals surface area contributed by atoms with E-state index < -0.39 is 5.82 Å². The van der Waals surface area contributed by atoms with Crippen LogP contribution in [0.15, 0.2) is 30.6 Å². The maximum Gasteiger partial charge on any atom is 0.165 e. The van der Waals surface area contributed by atoms with Gasteiger partial charge in [-0.25, -0.2) is 14.4 Å². The number of rotatable bonds is 6. The van der Waals surface area contributed by atoms with Gasteiger partial charge in [-0.1, -0.05) is 13.8 Å². The van der Waals surface area contributed by atoms with Gasteiger partial charge < -0.3 is 10.1 Å². The molecule has 0 amide bonds. The topological polar surface area (TPSA) is 47.0 Å². The van der Waals surface area contributed by atoms with E-state index in [4.69, 9.17) is 4.74 Å². The molecule has 0 atom stereocenters. The van der Waals surface area contributed by atoms with E-state index in [0.717, 1.165) is 24.2 Å². The van der Waals surface area contributed by atoms with Gasteiger partial charge >= 0.3 is 0 Å². The molecule has 0 saturated heterocycles. The summed E-state index contributed by atoms with van der Waals surface area (Å²) in [6.07, 6.45) is 3.57. The molecular formula is C16H20FN3O. The van der Waals surface area contributed by atoms with Crippen molar-refractivity contribution >= 4 is 0 Å². The number of methoxy groups -OCH3 is 1. The molecule has 0 saturated carbocycles. The monoisotopic (exact) mass is 289 g/mol. The number of nitrogens with zero attached hydrogens (tertiary/aromatic N) is 2. The van der Waals surface area contributed by atoms with Crippen molar-refractivity contribution in [1.29, 1.82) is 0 Å². The van der Waals surface area contributed by atoms with Crippen LogP contribution in [0.2, 0.25) is 0 Å². The van der Waals surface area contributed by atoms with Gasteiger partial charge in [-0.05, 0) is 30.7 Å². The lowest BCUT2D eigenvalue weighted by atomic mass is 10.2. The van der Waals surface area contributed by atoms with Crippen LogP contribution in [-0.4, -0.2) is 23.6 Å². The Balaban J connectivity index is 2.08. The minimum absolute atomic E-state index is 0.193. The fraction of sp³-hybridized carbons (Fsp3) is 0.375. The Morgan fingerprint density at radius 2 is 1.95 bits per heavy atom. The van der Waals surface area contributed by atoms with Gasteiger partial charge in [0.15, 0.2) is 17.4 Å². The highest BCUT2D eigenvalue weighted by Gasteiger charge is 2.07. The fourth-order valence-corrected chi connectivity index (χ4v) is 1.90. The zero-order valence-corrected chi connectivity index (χ0v) is 12.6. The van der Waals surface area contributed by atoms with Gasteiger partial charge in [-0.3, -0.25) is 0 Å². The van der Waals surface area contributed by atoms with Crippen LogP contribution in [0.4, 0.5) is 4.39 Å². The van der Waals surface area contributed by atoms with E-state index in [-0.39, 0.29) is 5.75 Å². The molecule has 1 aromatic carbocycles. The molecule has 0 bridgehead atoms. The summed E-state index contributed by atoms with van der Waals surface area (Å²) in [7, 11) is 1.44. The first-order valence-electron chi connectivity index (χ1n) is 6.95. The second kappa shape index (κ2) is 7.13. The Labute approximate surface area is 124 Å². The molecule has 4 nitrogen and oxygen atoms in total. The van der Waals surface area contributed by atoms with Gasteiger partial charge in [0.05, 0.1) is 7.11 Å². The fourth-order valence-electron chi connectivity index (χ4n) is 1.90. The van der Waals surface area contributed by atoms with E-state index in [2.05, 4.69) is 29.1 Å². The second-order valence-electron chi connectivity index (χ2n) is 5.29. The van der Waals surface area contributed by atoms with Gasteiger partial charge in [0.25, 0.3) is 0 Å². The summed E-state index contributed by atoms with van der Waals surface area (Å²) < 4.78 is 18.3. The Bertz CT molecular complexity index is 585. The molecule has 2 rings (SSSR count). The molecule has 1 heterocycles. The number of hydrogen-bond donors (Lipinski definition) is 1. The van der Waals surface area contributed by atoms with E-state index in [1.165, 1.54) is 13.2 Å². The van der Waals surface area contributed by atoms with Crippen LogP contribution in [-0.2, 0) is 6.54 Å². The summed E-state index contributed by atoms with van der Waals surface area (Å²) in [6, 6.07) is 4.60. The summed E-state index contributed by atoms with van der Waals surface area (Å²) in [6.45, 7) is 6.02. The average molecular weight is 289 g/mol. The minimum atomic E-state index is -0.393. The SMILES string of the molecule is COc1cc(-c2ncc(CNCC(C)C)cn2)ccc1F. The molecule has 0 fully saturated rings. The Hall–Kier alpha value is -2.01. The standard InChI is InChI=1S/C16H20FN3O/c1-11(2)7-18-8-12-9-19-16(20-10-12)13-4-5-14(17)15(6-13)21-3/h4-6,9-11,18H,7-8H2,1-3H3. The van der Waals surface area contributed by atoms with Crippen LogP contribution >= 0.6 is 0 Å². The number of benzene rings is 1. The highest BCUT2D eigenvalue weighted by Crippen LogP contribution is 2.23. The molecular weight excluding hydrogens is 269 g/mol. The van der Waals surface area contributed by atoms with Crippen molar-refractivity contribution in [1.82, 2.24) is 15.3 Å². The number of hydrogen-bond acceptors (Lipinski definition) is 4. The zero-order chi connectivity index (χ0) is 15.2. The third-order valence-corrected chi connectivity index (χ3v) is 3.00. The molecule has 0 spiro atoms. The molecule has 1 aromatic heterocycles. The molecule has 0 unspecified atom stereocenters. The number of nitrogens with one attached hydrogen (secondary N) is 1. The first-order valence-corrected chi connectivity index (χ1v) is 6.95. The molecule has 0 radical (unpaired) electrons. The summed E-state index contributed by atoms with van der Waals surface area (Å²) in [5.41, 5.74) is 1.75. The van der Waals surface area contributed by atoms with E-state index in [0.29, 0.717) is 11.7 Å². The molecule has 5 heteroatoms. The average Bonchev–Trinajstić information content (AvgIpc) is 2.48. The lowest BCUT2D eigenvalue weighted by molar-refractivity contribution is 0.387. The largest absolute Gasteiger partial charge is 0.494 e. The molecule has 0 aliphatic carbocycles. The molecule has 2 aromatic rings. The predicted molar refractivity (Wildman–Crippen MR) is 80.5 cm³/mol. The number of ether oxygens (including phenoxy) is 1. The normalized spacial score (nSPS) is 10.9. The van der Waals surface area contributed by atoms with Crippen molar-refractivity contribution in [3.63, 3.8) is 0 Å². The highest BCUT2D eigenvalue weighted by atomic mass is 19.1. The van der Waals surface area contributed by atoms with Crippen molar-refractivity contribution in [2.75, 3.05) is 13.7 Å². The lowest BCUT2D eigenvalue weighted by Gasteiger charge is -2.08. The third-order valence-electron chi connectivity index (χ3n) is 3.00.